The second-order valence-corrected chi connectivity index (χ2v) is 5.81. The van der Waals surface area contributed by atoms with E-state index in [1.54, 1.807) is 0 Å². The largest absolute Gasteiger partial charge is 0.493 e. The molecule has 2 aromatic carbocycles. The molecule has 2 aromatic rings. The van der Waals surface area contributed by atoms with E-state index in [0.29, 0.717) is 18.6 Å². The minimum atomic E-state index is -0.928. The van der Waals surface area contributed by atoms with Crippen LogP contribution in [0.5, 0.6) is 5.75 Å². The minimum absolute atomic E-state index is 0.310. The van der Waals surface area contributed by atoms with Gasteiger partial charge in [0.15, 0.2) is 0 Å². The Morgan fingerprint density at radius 1 is 1.12 bits per heavy atom. The molecule has 0 aliphatic rings. The number of ether oxygens (including phenoxy) is 1. The molecule has 0 aliphatic heterocycles. The Kier molecular flexibility index (Phi) is 6.79. The lowest BCUT2D eigenvalue weighted by Crippen LogP contribution is -2.15. The average Bonchev–Trinajstić information content (AvgIpc) is 2.58. The van der Waals surface area contributed by atoms with E-state index in [-0.39, 0.29) is 5.82 Å². The third-order valence-corrected chi connectivity index (χ3v) is 3.97. The van der Waals surface area contributed by atoms with E-state index in [2.05, 4.69) is 6.92 Å². The van der Waals surface area contributed by atoms with Gasteiger partial charge in [-0.15, -0.1) is 0 Å². The first-order valence-corrected chi connectivity index (χ1v) is 8.30. The number of carbonyl (C=O) groups is 1. The standard InChI is InChI=1S/C20H23FO3/c1-2-3-6-13-24-19-8-5-4-7-16(19)14-18(20(22)23)15-9-11-17(21)12-10-15/h4-5,7-12,18H,2-3,6,13-14H2,1H3,(H,22,23). The van der Waals surface area contributed by atoms with Crippen LogP contribution in [0, 0.1) is 5.82 Å². The number of halogens is 1. The molecule has 0 fully saturated rings. The molecule has 3 nitrogen and oxygen atoms in total. The van der Waals surface area contributed by atoms with E-state index in [9.17, 15) is 14.3 Å². The number of hydrogen-bond donors (Lipinski definition) is 1. The number of para-hydroxylation sites is 1. The third kappa shape index (κ3) is 5.08. The second kappa shape index (κ2) is 9.06. The molecule has 0 bridgehead atoms. The average molecular weight is 330 g/mol. The SMILES string of the molecule is CCCCCOc1ccccc1CC(C(=O)O)c1ccc(F)cc1. The van der Waals surface area contributed by atoms with Crippen molar-refractivity contribution in [2.45, 2.75) is 38.5 Å². The summed E-state index contributed by atoms with van der Waals surface area (Å²) in [5.74, 6) is -1.31. The Hall–Kier alpha value is -2.36. The number of rotatable bonds is 9. The molecule has 1 unspecified atom stereocenters. The smallest absolute Gasteiger partial charge is 0.311 e. The summed E-state index contributed by atoms with van der Waals surface area (Å²) in [6, 6.07) is 13.1. The molecule has 24 heavy (non-hydrogen) atoms. The van der Waals surface area contributed by atoms with E-state index in [1.165, 1.54) is 24.3 Å². The Balaban J connectivity index is 2.14. The van der Waals surface area contributed by atoms with Crippen LogP contribution < -0.4 is 4.74 Å². The van der Waals surface area contributed by atoms with Crippen LogP contribution in [0.2, 0.25) is 0 Å². The molecule has 0 aromatic heterocycles. The maximum Gasteiger partial charge on any atom is 0.311 e. The van der Waals surface area contributed by atoms with Crippen molar-refractivity contribution in [2.75, 3.05) is 6.61 Å². The van der Waals surface area contributed by atoms with Crippen LogP contribution in [0.3, 0.4) is 0 Å². The number of carboxylic acids is 1. The summed E-state index contributed by atoms with van der Waals surface area (Å²) >= 11 is 0. The zero-order chi connectivity index (χ0) is 17.4. The quantitative estimate of drug-likeness (QED) is 0.671. The van der Waals surface area contributed by atoms with E-state index in [1.807, 2.05) is 24.3 Å². The number of benzene rings is 2. The fourth-order valence-corrected chi connectivity index (χ4v) is 2.61. The van der Waals surface area contributed by atoms with Crippen LogP contribution in [0.15, 0.2) is 48.5 Å². The molecule has 0 saturated carbocycles. The first-order chi connectivity index (χ1) is 11.6. The zero-order valence-corrected chi connectivity index (χ0v) is 13.9. The normalized spacial score (nSPS) is 11.9. The van der Waals surface area contributed by atoms with Crippen LogP contribution in [0.4, 0.5) is 4.39 Å². The van der Waals surface area contributed by atoms with Crippen LogP contribution in [0.25, 0.3) is 0 Å². The molecule has 128 valence electrons. The molecule has 0 aliphatic carbocycles. The molecule has 1 atom stereocenters. The van der Waals surface area contributed by atoms with Gasteiger partial charge in [0.05, 0.1) is 12.5 Å². The Bertz CT molecular complexity index is 652. The highest BCUT2D eigenvalue weighted by molar-refractivity contribution is 5.76. The Morgan fingerprint density at radius 3 is 2.50 bits per heavy atom. The summed E-state index contributed by atoms with van der Waals surface area (Å²) in [4.78, 5) is 11.7. The van der Waals surface area contributed by atoms with Crippen molar-refractivity contribution >= 4 is 5.97 Å². The molecule has 1 N–H and O–H groups in total. The maximum absolute atomic E-state index is 13.1. The number of unbranched alkanes of at least 4 members (excludes halogenated alkanes) is 2. The highest BCUT2D eigenvalue weighted by Gasteiger charge is 2.22. The summed E-state index contributed by atoms with van der Waals surface area (Å²) in [6.45, 7) is 2.76. The fraction of sp³-hybridized carbons (Fsp3) is 0.350. The predicted molar refractivity (Wildman–Crippen MR) is 91.9 cm³/mol. The van der Waals surface area contributed by atoms with Crippen molar-refractivity contribution in [2.24, 2.45) is 0 Å². The second-order valence-electron chi connectivity index (χ2n) is 5.81. The highest BCUT2D eigenvalue weighted by atomic mass is 19.1. The zero-order valence-electron chi connectivity index (χ0n) is 13.9. The van der Waals surface area contributed by atoms with Crippen LogP contribution in [-0.4, -0.2) is 17.7 Å². The van der Waals surface area contributed by atoms with Crippen LogP contribution in [0.1, 0.15) is 43.2 Å². The summed E-state index contributed by atoms with van der Waals surface area (Å²) in [7, 11) is 0. The van der Waals surface area contributed by atoms with Gasteiger partial charge in [-0.25, -0.2) is 4.39 Å². The van der Waals surface area contributed by atoms with E-state index < -0.39 is 11.9 Å². The van der Waals surface area contributed by atoms with Crippen LogP contribution in [-0.2, 0) is 11.2 Å². The molecule has 0 spiro atoms. The lowest BCUT2D eigenvalue weighted by atomic mass is 9.91. The summed E-state index contributed by atoms with van der Waals surface area (Å²) in [6.07, 6.45) is 3.52. The van der Waals surface area contributed by atoms with E-state index in [4.69, 9.17) is 4.74 Å². The highest BCUT2D eigenvalue weighted by Crippen LogP contribution is 2.27. The van der Waals surface area contributed by atoms with E-state index >= 15 is 0 Å². The Labute approximate surface area is 142 Å². The third-order valence-electron chi connectivity index (χ3n) is 3.97. The van der Waals surface area contributed by atoms with Crippen molar-refractivity contribution in [1.29, 1.82) is 0 Å². The van der Waals surface area contributed by atoms with Gasteiger partial charge in [0, 0.05) is 0 Å². The van der Waals surface area contributed by atoms with Gasteiger partial charge in [-0.1, -0.05) is 50.1 Å². The number of aliphatic carboxylic acids is 1. The van der Waals surface area contributed by atoms with Gasteiger partial charge >= 0.3 is 5.97 Å². The summed E-state index contributed by atoms with van der Waals surface area (Å²) in [5, 5.41) is 9.56. The molecule has 0 amide bonds. The monoisotopic (exact) mass is 330 g/mol. The molecular formula is C20H23FO3. The van der Waals surface area contributed by atoms with Gasteiger partial charge < -0.3 is 9.84 Å². The van der Waals surface area contributed by atoms with Gasteiger partial charge in [-0.05, 0) is 42.2 Å². The fourth-order valence-electron chi connectivity index (χ4n) is 2.61. The molecule has 0 saturated heterocycles. The van der Waals surface area contributed by atoms with E-state index in [0.717, 1.165) is 30.6 Å². The van der Waals surface area contributed by atoms with Crippen molar-refractivity contribution < 1.29 is 19.0 Å². The summed E-state index contributed by atoms with van der Waals surface area (Å²) in [5.41, 5.74) is 1.44. The summed E-state index contributed by atoms with van der Waals surface area (Å²) < 4.78 is 18.9. The molecule has 4 heteroatoms. The molecule has 0 radical (unpaired) electrons. The predicted octanol–water partition coefficient (Wildman–Crippen LogP) is 4.81. The van der Waals surface area contributed by atoms with Crippen molar-refractivity contribution in [3.63, 3.8) is 0 Å². The lowest BCUT2D eigenvalue weighted by Gasteiger charge is -2.16. The number of carboxylic acid groups (broad SMARTS) is 1. The van der Waals surface area contributed by atoms with Gasteiger partial charge in [-0.2, -0.15) is 0 Å². The molecule has 0 heterocycles. The Morgan fingerprint density at radius 2 is 1.83 bits per heavy atom. The molecular weight excluding hydrogens is 307 g/mol. The minimum Gasteiger partial charge on any atom is -0.493 e. The maximum atomic E-state index is 13.1. The molecule has 2 rings (SSSR count). The van der Waals surface area contributed by atoms with Crippen LogP contribution >= 0.6 is 0 Å². The van der Waals surface area contributed by atoms with Gasteiger partial charge in [-0.3, -0.25) is 4.79 Å². The van der Waals surface area contributed by atoms with Crippen molar-refractivity contribution in [1.82, 2.24) is 0 Å². The van der Waals surface area contributed by atoms with Crippen molar-refractivity contribution in [3.8, 4) is 5.75 Å². The first kappa shape index (κ1) is 18.0. The van der Waals surface area contributed by atoms with Gasteiger partial charge in [0.2, 0.25) is 0 Å². The topological polar surface area (TPSA) is 46.5 Å². The first-order valence-electron chi connectivity index (χ1n) is 8.30. The lowest BCUT2D eigenvalue weighted by molar-refractivity contribution is -0.138. The van der Waals surface area contributed by atoms with Crippen molar-refractivity contribution in [3.05, 3.63) is 65.5 Å². The number of hydrogen-bond acceptors (Lipinski definition) is 2. The van der Waals surface area contributed by atoms with Gasteiger partial charge in [0.1, 0.15) is 11.6 Å². The van der Waals surface area contributed by atoms with Gasteiger partial charge in [0.25, 0.3) is 0 Å².